The third-order valence-electron chi connectivity index (χ3n) is 3.30. The number of fused-ring (bicyclic) bond motifs is 1. The van der Waals surface area contributed by atoms with Gasteiger partial charge in [0.25, 0.3) is 5.82 Å². The summed E-state index contributed by atoms with van der Waals surface area (Å²) in [7, 11) is 4.08. The quantitative estimate of drug-likeness (QED) is 0.727. The van der Waals surface area contributed by atoms with E-state index in [1.807, 2.05) is 26.5 Å². The number of hydrogen-bond acceptors (Lipinski definition) is 6. The normalized spacial score (nSPS) is 10.9. The standard InChI is InChI=1S/C15H16N8/c1-16-14-8-19-15(9-18-14)21-13-6-12-11(7-17-13)20-10-23(12)5-4-22(2)3/h6-10H,4-5H2,2-3H3,(H,17,19,21). The molecule has 0 spiro atoms. The van der Waals surface area contributed by atoms with E-state index in [-0.39, 0.29) is 5.82 Å². The molecule has 0 aliphatic rings. The number of nitrogens with one attached hydrogen (secondary N) is 1. The lowest BCUT2D eigenvalue weighted by Gasteiger charge is -2.10. The van der Waals surface area contributed by atoms with Crippen LogP contribution in [0, 0.1) is 6.57 Å². The number of aromatic nitrogens is 5. The molecule has 0 aliphatic heterocycles. The van der Waals surface area contributed by atoms with Crippen molar-refractivity contribution in [2.75, 3.05) is 26.0 Å². The highest BCUT2D eigenvalue weighted by Gasteiger charge is 2.07. The molecule has 0 atom stereocenters. The molecule has 3 aromatic rings. The van der Waals surface area contributed by atoms with Crippen LogP contribution in [-0.2, 0) is 6.54 Å². The number of rotatable bonds is 5. The summed E-state index contributed by atoms with van der Waals surface area (Å²) < 4.78 is 2.09. The lowest BCUT2D eigenvalue weighted by molar-refractivity contribution is 0.386. The van der Waals surface area contributed by atoms with Crippen molar-refractivity contribution in [3.8, 4) is 0 Å². The van der Waals surface area contributed by atoms with Gasteiger partial charge in [0.05, 0.1) is 24.2 Å². The Kier molecular flexibility index (Phi) is 4.12. The van der Waals surface area contributed by atoms with Crippen molar-refractivity contribution >= 4 is 28.5 Å². The molecular formula is C15H16N8. The Balaban J connectivity index is 1.83. The first-order valence-corrected chi connectivity index (χ1v) is 7.08. The van der Waals surface area contributed by atoms with E-state index in [2.05, 4.69) is 39.6 Å². The van der Waals surface area contributed by atoms with Crippen LogP contribution in [0.25, 0.3) is 15.9 Å². The number of pyridine rings is 1. The van der Waals surface area contributed by atoms with Gasteiger partial charge in [-0.3, -0.25) is 0 Å². The monoisotopic (exact) mass is 308 g/mol. The zero-order valence-corrected chi connectivity index (χ0v) is 12.9. The summed E-state index contributed by atoms with van der Waals surface area (Å²) in [5.41, 5.74) is 1.86. The lowest BCUT2D eigenvalue weighted by atomic mass is 10.3. The molecule has 0 saturated carbocycles. The largest absolute Gasteiger partial charge is 0.359 e. The van der Waals surface area contributed by atoms with Crippen LogP contribution < -0.4 is 5.32 Å². The average Bonchev–Trinajstić information content (AvgIpc) is 2.96. The van der Waals surface area contributed by atoms with Gasteiger partial charge in [-0.1, -0.05) is 6.57 Å². The van der Waals surface area contributed by atoms with E-state index in [9.17, 15) is 0 Å². The molecule has 23 heavy (non-hydrogen) atoms. The van der Waals surface area contributed by atoms with Crippen LogP contribution in [0.2, 0.25) is 0 Å². The van der Waals surface area contributed by atoms with E-state index < -0.39 is 0 Å². The molecule has 3 aromatic heterocycles. The Bertz CT molecular complexity index is 844. The summed E-state index contributed by atoms with van der Waals surface area (Å²) >= 11 is 0. The van der Waals surface area contributed by atoms with Crippen LogP contribution >= 0.6 is 0 Å². The van der Waals surface area contributed by atoms with E-state index in [0.29, 0.717) is 11.6 Å². The SMILES string of the molecule is [C-]#[N+]c1cnc(Nc2cc3c(cn2)ncn3CCN(C)C)cn1. The smallest absolute Gasteiger partial charge is 0.288 e. The van der Waals surface area contributed by atoms with Gasteiger partial charge in [0.15, 0.2) is 12.0 Å². The highest BCUT2D eigenvalue weighted by atomic mass is 15.1. The van der Waals surface area contributed by atoms with Gasteiger partial charge in [0.1, 0.15) is 11.3 Å². The van der Waals surface area contributed by atoms with Gasteiger partial charge in [-0.05, 0) is 14.1 Å². The molecule has 0 saturated heterocycles. The fourth-order valence-corrected chi connectivity index (χ4v) is 2.09. The zero-order chi connectivity index (χ0) is 16.2. The van der Waals surface area contributed by atoms with Gasteiger partial charge >= 0.3 is 0 Å². The van der Waals surface area contributed by atoms with Crippen LogP contribution in [-0.4, -0.2) is 50.0 Å². The number of anilines is 2. The van der Waals surface area contributed by atoms with Gasteiger partial charge in [-0.25, -0.2) is 15.0 Å². The molecule has 116 valence electrons. The fourth-order valence-electron chi connectivity index (χ4n) is 2.09. The Morgan fingerprint density at radius 1 is 1.13 bits per heavy atom. The van der Waals surface area contributed by atoms with Gasteiger partial charge in [-0.2, -0.15) is 0 Å². The number of imidazole rings is 1. The maximum absolute atomic E-state index is 6.88. The molecule has 0 amide bonds. The Morgan fingerprint density at radius 2 is 1.96 bits per heavy atom. The predicted molar refractivity (Wildman–Crippen MR) is 87.7 cm³/mol. The van der Waals surface area contributed by atoms with Gasteiger partial charge in [0.2, 0.25) is 0 Å². The van der Waals surface area contributed by atoms with Crippen molar-refractivity contribution in [2.45, 2.75) is 6.54 Å². The van der Waals surface area contributed by atoms with Crippen LogP contribution in [0.5, 0.6) is 0 Å². The maximum Gasteiger partial charge on any atom is 0.288 e. The first-order valence-electron chi connectivity index (χ1n) is 7.08. The summed E-state index contributed by atoms with van der Waals surface area (Å²) in [6.07, 6.45) is 6.49. The zero-order valence-electron chi connectivity index (χ0n) is 12.9. The summed E-state index contributed by atoms with van der Waals surface area (Å²) in [5, 5.41) is 3.09. The minimum atomic E-state index is 0.265. The van der Waals surface area contributed by atoms with E-state index >= 15 is 0 Å². The molecule has 0 aromatic carbocycles. The number of likely N-dealkylation sites (N-methyl/N-ethyl adjacent to an activating group) is 1. The molecule has 8 heteroatoms. The molecule has 0 bridgehead atoms. The van der Waals surface area contributed by atoms with Gasteiger partial charge < -0.3 is 19.6 Å². The number of hydrogen-bond donors (Lipinski definition) is 1. The third kappa shape index (κ3) is 3.41. The average molecular weight is 308 g/mol. The first-order chi connectivity index (χ1) is 11.2. The summed E-state index contributed by atoms with van der Waals surface area (Å²) in [6, 6.07) is 1.93. The molecule has 8 nitrogen and oxygen atoms in total. The van der Waals surface area contributed by atoms with Crippen molar-refractivity contribution in [1.82, 2.24) is 29.4 Å². The van der Waals surface area contributed by atoms with Crippen molar-refractivity contribution in [3.63, 3.8) is 0 Å². The summed E-state index contributed by atoms with van der Waals surface area (Å²) in [4.78, 5) is 22.2. The Labute approximate surface area is 133 Å². The topological polar surface area (TPSA) is 76.1 Å². The first kappa shape index (κ1) is 14.9. The molecule has 3 rings (SSSR count). The highest BCUT2D eigenvalue weighted by molar-refractivity contribution is 5.78. The van der Waals surface area contributed by atoms with E-state index in [1.165, 1.54) is 12.4 Å². The molecule has 0 fully saturated rings. The van der Waals surface area contributed by atoms with Crippen molar-refractivity contribution in [2.24, 2.45) is 0 Å². The second-order valence-electron chi connectivity index (χ2n) is 5.30. The van der Waals surface area contributed by atoms with Crippen LogP contribution in [0.3, 0.4) is 0 Å². The van der Waals surface area contributed by atoms with Crippen LogP contribution in [0.4, 0.5) is 17.5 Å². The summed E-state index contributed by atoms with van der Waals surface area (Å²) in [6.45, 7) is 8.66. The summed E-state index contributed by atoms with van der Waals surface area (Å²) in [5.74, 6) is 1.47. The van der Waals surface area contributed by atoms with Crippen molar-refractivity contribution in [1.29, 1.82) is 0 Å². The van der Waals surface area contributed by atoms with Gasteiger partial charge in [-0.15, -0.1) is 4.98 Å². The minimum Gasteiger partial charge on any atom is -0.359 e. The fraction of sp³-hybridized carbons (Fsp3) is 0.267. The molecule has 1 N–H and O–H groups in total. The van der Waals surface area contributed by atoms with Crippen LogP contribution in [0.15, 0.2) is 31.0 Å². The second-order valence-corrected chi connectivity index (χ2v) is 5.30. The predicted octanol–water partition coefficient (Wildman–Crippen LogP) is 2.08. The molecule has 0 aliphatic carbocycles. The Hall–Kier alpha value is -3.05. The molecular weight excluding hydrogens is 292 g/mol. The van der Waals surface area contributed by atoms with Crippen LogP contribution in [0.1, 0.15) is 0 Å². The molecule has 0 unspecified atom stereocenters. The third-order valence-corrected chi connectivity index (χ3v) is 3.30. The maximum atomic E-state index is 6.88. The van der Waals surface area contributed by atoms with Gasteiger partial charge in [0, 0.05) is 19.2 Å². The number of nitrogens with zero attached hydrogens (tertiary/aromatic N) is 7. The van der Waals surface area contributed by atoms with E-state index in [1.54, 1.807) is 6.20 Å². The lowest BCUT2D eigenvalue weighted by Crippen LogP contribution is -2.17. The Morgan fingerprint density at radius 3 is 2.65 bits per heavy atom. The van der Waals surface area contributed by atoms with E-state index in [0.717, 1.165) is 24.1 Å². The van der Waals surface area contributed by atoms with Crippen molar-refractivity contribution < 1.29 is 0 Å². The second kappa shape index (κ2) is 6.37. The molecule has 0 radical (unpaired) electrons. The van der Waals surface area contributed by atoms with Crippen molar-refractivity contribution in [3.05, 3.63) is 42.4 Å². The minimum absolute atomic E-state index is 0.265. The highest BCUT2D eigenvalue weighted by Crippen LogP contribution is 2.18. The molecule has 3 heterocycles. The van der Waals surface area contributed by atoms with E-state index in [4.69, 9.17) is 6.57 Å².